The molecule has 0 bridgehead atoms. The number of para-hydroxylation sites is 1. The first-order chi connectivity index (χ1) is 11.4. The van der Waals surface area contributed by atoms with Crippen molar-refractivity contribution in [3.8, 4) is 0 Å². The van der Waals surface area contributed by atoms with Crippen LogP contribution in [-0.4, -0.2) is 31.2 Å². The molecule has 0 saturated heterocycles. The summed E-state index contributed by atoms with van der Waals surface area (Å²) in [7, 11) is 0. The van der Waals surface area contributed by atoms with Crippen LogP contribution >= 0.6 is 0 Å². The average Bonchev–Trinajstić information content (AvgIpc) is 3.35. The number of rotatable bonds is 3. The van der Waals surface area contributed by atoms with Gasteiger partial charge in [-0.15, -0.1) is 10.2 Å². The number of fused-ring (bicyclic) bond motifs is 2. The highest BCUT2D eigenvalue weighted by atomic mass is 15.3. The monoisotopic (exact) mass is 305 g/mol. The van der Waals surface area contributed by atoms with E-state index in [4.69, 9.17) is 0 Å². The molecule has 5 heteroatoms. The quantitative estimate of drug-likeness (QED) is 0.746. The highest BCUT2D eigenvalue weighted by Crippen LogP contribution is 2.39. The van der Waals surface area contributed by atoms with Gasteiger partial charge in [0.05, 0.1) is 12.1 Å². The highest BCUT2D eigenvalue weighted by molar-refractivity contribution is 5.81. The molecule has 0 N–H and O–H groups in total. The van der Waals surface area contributed by atoms with Crippen LogP contribution in [0.25, 0.3) is 10.9 Å². The number of hydrogen-bond acceptors (Lipinski definition) is 4. The van der Waals surface area contributed by atoms with Crippen LogP contribution in [0.2, 0.25) is 0 Å². The lowest BCUT2D eigenvalue weighted by atomic mass is 10.1. The molecule has 0 atom stereocenters. The highest BCUT2D eigenvalue weighted by Gasteiger charge is 2.32. The Kier molecular flexibility index (Phi) is 2.94. The second-order valence-corrected chi connectivity index (χ2v) is 6.60. The van der Waals surface area contributed by atoms with Crippen molar-refractivity contribution in [3.05, 3.63) is 53.7 Å². The van der Waals surface area contributed by atoms with Gasteiger partial charge in [0.1, 0.15) is 11.6 Å². The van der Waals surface area contributed by atoms with E-state index in [1.165, 1.54) is 29.6 Å². The molecule has 0 spiro atoms. The van der Waals surface area contributed by atoms with Gasteiger partial charge in [-0.25, -0.2) is 0 Å². The zero-order valence-corrected chi connectivity index (χ0v) is 13.0. The predicted molar refractivity (Wildman–Crippen MR) is 87.9 cm³/mol. The Bertz CT molecular complexity index is 859. The summed E-state index contributed by atoms with van der Waals surface area (Å²) in [4.78, 5) is 7.02. The normalized spacial score (nSPS) is 18.3. The summed E-state index contributed by atoms with van der Waals surface area (Å²) in [5.41, 5.74) is 2.40. The first-order valence-corrected chi connectivity index (χ1v) is 8.35. The molecule has 0 amide bonds. The van der Waals surface area contributed by atoms with Gasteiger partial charge in [0.15, 0.2) is 0 Å². The van der Waals surface area contributed by atoms with Gasteiger partial charge in [0, 0.05) is 37.1 Å². The third-order valence-corrected chi connectivity index (χ3v) is 4.91. The van der Waals surface area contributed by atoms with Crippen molar-refractivity contribution in [2.24, 2.45) is 0 Å². The zero-order valence-electron chi connectivity index (χ0n) is 13.0. The van der Waals surface area contributed by atoms with Gasteiger partial charge >= 0.3 is 0 Å². The molecule has 1 aliphatic heterocycles. The van der Waals surface area contributed by atoms with Gasteiger partial charge in [0.2, 0.25) is 0 Å². The number of pyridine rings is 1. The lowest BCUT2D eigenvalue weighted by Crippen LogP contribution is -2.34. The summed E-state index contributed by atoms with van der Waals surface area (Å²) < 4.78 is 2.34. The fourth-order valence-corrected chi connectivity index (χ4v) is 3.54. The predicted octanol–water partition coefficient (Wildman–Crippen LogP) is 2.72. The molecule has 1 aromatic carbocycles. The van der Waals surface area contributed by atoms with Crippen molar-refractivity contribution >= 4 is 10.9 Å². The van der Waals surface area contributed by atoms with Gasteiger partial charge in [-0.05, 0) is 24.5 Å². The van der Waals surface area contributed by atoms with Crippen LogP contribution in [0.1, 0.15) is 36.0 Å². The number of nitrogens with zero attached hydrogens (tertiary/aromatic N) is 5. The maximum absolute atomic E-state index is 4.57. The molecule has 1 aliphatic carbocycles. The summed E-state index contributed by atoms with van der Waals surface area (Å²) in [6, 6.07) is 10.6. The molecule has 3 aromatic rings. The van der Waals surface area contributed by atoms with Crippen LogP contribution in [-0.2, 0) is 19.6 Å². The van der Waals surface area contributed by atoms with Crippen molar-refractivity contribution in [1.29, 1.82) is 0 Å². The summed E-state index contributed by atoms with van der Waals surface area (Å²) in [5.74, 6) is 3.00. The minimum atomic E-state index is 0.671. The third kappa shape index (κ3) is 2.32. The van der Waals surface area contributed by atoms with Crippen molar-refractivity contribution < 1.29 is 0 Å². The second-order valence-electron chi connectivity index (χ2n) is 6.60. The first kappa shape index (κ1) is 13.2. The fourth-order valence-electron chi connectivity index (χ4n) is 3.54. The Balaban J connectivity index is 1.40. The van der Waals surface area contributed by atoms with Gasteiger partial charge in [-0.1, -0.05) is 24.3 Å². The lowest BCUT2D eigenvalue weighted by molar-refractivity contribution is 0.208. The summed E-state index contributed by atoms with van der Waals surface area (Å²) in [5, 5.41) is 10.1. The molecule has 5 rings (SSSR count). The molecule has 116 valence electrons. The second kappa shape index (κ2) is 5.13. The van der Waals surface area contributed by atoms with E-state index in [1.807, 2.05) is 12.3 Å². The number of aromatic nitrogens is 4. The van der Waals surface area contributed by atoms with Crippen LogP contribution < -0.4 is 0 Å². The standard InChI is InChI=1S/C18H19N5/c1-3-13-5-2-8-19-17(13)15(4-1)11-22-9-10-23-16(12-22)20-21-18(23)14-6-7-14/h1-5,8,14H,6-7,9-12H2. The maximum atomic E-state index is 4.57. The molecule has 0 radical (unpaired) electrons. The first-order valence-electron chi connectivity index (χ1n) is 8.35. The molecule has 5 nitrogen and oxygen atoms in total. The molecular weight excluding hydrogens is 286 g/mol. The number of benzene rings is 1. The van der Waals surface area contributed by atoms with Crippen LogP contribution in [0.3, 0.4) is 0 Å². The fraction of sp³-hybridized carbons (Fsp3) is 0.389. The average molecular weight is 305 g/mol. The van der Waals surface area contributed by atoms with E-state index in [1.54, 1.807) is 0 Å². The molecule has 23 heavy (non-hydrogen) atoms. The minimum absolute atomic E-state index is 0.671. The molecule has 2 aromatic heterocycles. The SMILES string of the molecule is c1cnc2c(CN3CCn4c(nnc4C4CC4)C3)cccc2c1. The van der Waals surface area contributed by atoms with Gasteiger partial charge in [-0.3, -0.25) is 9.88 Å². The van der Waals surface area contributed by atoms with E-state index >= 15 is 0 Å². The Morgan fingerprint density at radius 3 is 2.87 bits per heavy atom. The largest absolute Gasteiger partial charge is 0.312 e. The Hall–Kier alpha value is -2.27. The lowest BCUT2D eigenvalue weighted by Gasteiger charge is -2.28. The van der Waals surface area contributed by atoms with E-state index in [0.29, 0.717) is 5.92 Å². The van der Waals surface area contributed by atoms with Crippen molar-refractivity contribution in [1.82, 2.24) is 24.6 Å². The van der Waals surface area contributed by atoms with E-state index in [0.717, 1.165) is 37.5 Å². The Labute approximate surface area is 135 Å². The maximum Gasteiger partial charge on any atom is 0.147 e. The third-order valence-electron chi connectivity index (χ3n) is 4.91. The molecule has 0 unspecified atom stereocenters. The van der Waals surface area contributed by atoms with Crippen molar-refractivity contribution in [2.75, 3.05) is 6.54 Å². The van der Waals surface area contributed by atoms with E-state index < -0.39 is 0 Å². The molecule has 1 fully saturated rings. The van der Waals surface area contributed by atoms with Crippen molar-refractivity contribution in [3.63, 3.8) is 0 Å². The Morgan fingerprint density at radius 2 is 1.96 bits per heavy atom. The minimum Gasteiger partial charge on any atom is -0.312 e. The van der Waals surface area contributed by atoms with Crippen LogP contribution in [0.4, 0.5) is 0 Å². The summed E-state index contributed by atoms with van der Waals surface area (Å²) in [6.07, 6.45) is 4.44. The van der Waals surface area contributed by atoms with E-state index in [-0.39, 0.29) is 0 Å². The summed E-state index contributed by atoms with van der Waals surface area (Å²) in [6.45, 7) is 3.85. The molecule has 2 aliphatic rings. The molecule has 3 heterocycles. The van der Waals surface area contributed by atoms with Gasteiger partial charge in [-0.2, -0.15) is 0 Å². The Morgan fingerprint density at radius 1 is 1.04 bits per heavy atom. The van der Waals surface area contributed by atoms with Gasteiger partial charge in [0.25, 0.3) is 0 Å². The van der Waals surface area contributed by atoms with E-state index in [2.05, 4.69) is 48.9 Å². The smallest absolute Gasteiger partial charge is 0.147 e. The van der Waals surface area contributed by atoms with Crippen LogP contribution in [0.15, 0.2) is 36.5 Å². The van der Waals surface area contributed by atoms with Gasteiger partial charge < -0.3 is 4.57 Å². The summed E-state index contributed by atoms with van der Waals surface area (Å²) >= 11 is 0. The topological polar surface area (TPSA) is 46.8 Å². The molecular formula is C18H19N5. The number of hydrogen-bond donors (Lipinski definition) is 0. The van der Waals surface area contributed by atoms with Crippen LogP contribution in [0.5, 0.6) is 0 Å². The van der Waals surface area contributed by atoms with E-state index in [9.17, 15) is 0 Å². The zero-order chi connectivity index (χ0) is 15.2. The van der Waals surface area contributed by atoms with Crippen LogP contribution in [0, 0.1) is 0 Å². The van der Waals surface area contributed by atoms with Crippen molar-refractivity contribution in [2.45, 2.75) is 38.4 Å². The molecule has 1 saturated carbocycles.